The molecular formula is C113H173N3O27S2. The Kier molecular flexibility index (Phi) is 35.7. The summed E-state index contributed by atoms with van der Waals surface area (Å²) in [4.78, 5) is 154. The maximum atomic E-state index is 13.9. The van der Waals surface area contributed by atoms with Crippen LogP contribution in [0.5, 0.6) is 5.75 Å². The van der Waals surface area contributed by atoms with Gasteiger partial charge in [0.05, 0.1) is 62.6 Å². The molecule has 13 aliphatic carbocycles. The number of fused-ring (bicyclic) bond motifs is 10. The molecule has 145 heavy (non-hydrogen) atoms. The van der Waals surface area contributed by atoms with Crippen LogP contribution in [0, 0.1) is 136 Å². The van der Waals surface area contributed by atoms with E-state index >= 15 is 0 Å². The molecule has 13 saturated carbocycles. The van der Waals surface area contributed by atoms with Gasteiger partial charge in [0, 0.05) is 23.7 Å². The zero-order valence-electron chi connectivity index (χ0n) is 92.3. The lowest BCUT2D eigenvalue weighted by molar-refractivity contribution is -0.197. The first-order chi connectivity index (χ1) is 66.7. The van der Waals surface area contributed by atoms with E-state index in [9.17, 15) is 84.9 Å². The van der Waals surface area contributed by atoms with Crippen LogP contribution in [0.3, 0.4) is 0 Å². The minimum atomic E-state index is -4.12. The maximum absolute atomic E-state index is 13.9. The van der Waals surface area contributed by atoms with Gasteiger partial charge in [-0.2, -0.15) is 18.9 Å². The lowest BCUT2D eigenvalue weighted by Crippen LogP contribution is -2.59. The normalized spacial score (nSPS) is 31.8. The average Bonchev–Trinajstić information content (AvgIpc) is 1.50. The number of amides is 1. The van der Waals surface area contributed by atoms with Crippen LogP contribution in [0.25, 0.3) is 0 Å². The van der Waals surface area contributed by atoms with Gasteiger partial charge in [-0.15, -0.1) is 0 Å². The van der Waals surface area contributed by atoms with Crippen molar-refractivity contribution >= 4 is 91.3 Å². The van der Waals surface area contributed by atoms with E-state index in [2.05, 4.69) is 12.1 Å². The molecule has 0 radical (unpaired) electrons. The van der Waals surface area contributed by atoms with Crippen LogP contribution in [0.4, 0.5) is 0 Å². The number of esters is 10. The number of para-hydroxylation sites is 1. The van der Waals surface area contributed by atoms with Gasteiger partial charge in [-0.1, -0.05) is 85.9 Å². The van der Waals surface area contributed by atoms with Crippen LogP contribution in [-0.4, -0.2) is 162 Å². The van der Waals surface area contributed by atoms with E-state index < -0.39 is 178 Å². The highest BCUT2D eigenvalue weighted by atomic mass is 32.2. The second kappa shape index (κ2) is 43.6. The van der Waals surface area contributed by atoms with E-state index in [1.165, 1.54) is 0 Å². The number of sulfone groups is 1. The van der Waals surface area contributed by atoms with Crippen LogP contribution < -0.4 is 9.92 Å². The van der Waals surface area contributed by atoms with E-state index in [-0.39, 0.29) is 126 Å². The molecule has 10 bridgehead atoms. The third-order valence-corrected chi connectivity index (χ3v) is 40.3. The van der Waals surface area contributed by atoms with Crippen LogP contribution >= 0.6 is 0 Å². The number of primary amides is 1. The molecule has 0 spiro atoms. The van der Waals surface area contributed by atoms with Gasteiger partial charge >= 0.3 is 69.8 Å². The number of carbonyl (C=O) groups excluding carboxylic acids is 12. The van der Waals surface area contributed by atoms with E-state index in [4.69, 9.17) is 57.3 Å². The second-order valence-corrected chi connectivity index (χ2v) is 56.2. The fraction of sp³-hybridized carbons (Fsp3) is 0.823. The van der Waals surface area contributed by atoms with Gasteiger partial charge in [-0.25, -0.2) is 8.42 Å². The van der Waals surface area contributed by atoms with E-state index in [1.54, 1.807) is 106 Å². The van der Waals surface area contributed by atoms with Crippen molar-refractivity contribution in [3.8, 4) is 17.9 Å². The molecule has 1 aromatic rings. The van der Waals surface area contributed by atoms with Crippen molar-refractivity contribution in [3.63, 3.8) is 0 Å². The Morgan fingerprint density at radius 2 is 0.841 bits per heavy atom. The number of hydrogen-bond donors (Lipinski definition) is 1. The number of Topliss-reactive ketones (excluding diaryl/α,β-unsaturated/α-hetero) is 1. The fourth-order valence-corrected chi connectivity index (χ4v) is 29.5. The molecular weight excluding hydrogens is 1900 g/mol. The number of ketones is 1. The monoisotopic (exact) mass is 2070 g/mol. The Hall–Kier alpha value is -8.26. The summed E-state index contributed by atoms with van der Waals surface area (Å²) in [7, 11) is -7.74. The third kappa shape index (κ3) is 25.3. The summed E-state index contributed by atoms with van der Waals surface area (Å²) >= 11 is 0. The van der Waals surface area contributed by atoms with Gasteiger partial charge in [0.1, 0.15) is 80.2 Å². The number of nitrogens with two attached hydrogens (primary N) is 1. The average molecular weight is 2070 g/mol. The summed E-state index contributed by atoms with van der Waals surface area (Å²) in [5, 5.41) is 18.0. The topological polar surface area (TPSA) is 448 Å². The van der Waals surface area contributed by atoms with Gasteiger partial charge in [-0.05, 0) is 378 Å². The molecule has 814 valence electrons. The minimum Gasteiger partial charge on any atom is -0.462 e. The minimum absolute atomic E-state index is 0.00976. The van der Waals surface area contributed by atoms with Crippen molar-refractivity contribution in [1.29, 1.82) is 10.5 Å². The zero-order chi connectivity index (χ0) is 109. The lowest BCUT2D eigenvalue weighted by Gasteiger charge is -2.50. The number of carbonyl (C=O) groups is 12. The first-order valence-corrected chi connectivity index (χ1v) is 57.0. The summed E-state index contributed by atoms with van der Waals surface area (Å²) in [5.41, 5.74) is -7.10. The molecule has 1 aromatic carbocycles. The number of ether oxygens (including phenoxy) is 10. The molecule has 0 heterocycles. The Labute approximate surface area is 863 Å². The number of benzene rings is 1. The molecule has 2 N–H and O–H groups in total. The Bertz CT molecular complexity index is 5250. The van der Waals surface area contributed by atoms with E-state index in [0.29, 0.717) is 96.3 Å². The Morgan fingerprint density at radius 1 is 0.441 bits per heavy atom. The summed E-state index contributed by atoms with van der Waals surface area (Å²) in [6, 6.07) is 12.8. The SMILES string of the molecule is CCC(C)(C)C(=O)OC1(CC(=O)OC(C)(C)C)CC2C(=O)CC1(CS(=O)(=O)C1CCCCC1)C2(C)C.CCC(C)(C)C(=O)OC1CC2CC1C(C(=O)OC(C)(C)C)C2S(=O)(=O)Oc1ccccc1.CCC(C)(C)C(=O)OC1CC2CC1CC2(C#N)C(=O)OC(C)(C)C.CCC(C)(C)C(=O)OC1CC2CC1CC2(C#N)C(=O)OC1(C)CCCC1.CCC(C)(C)C(=O)OC1CC2CC1CC2(C(N)=O)C(=O)OC1(C)CCCC1. The van der Waals surface area contributed by atoms with Crippen molar-refractivity contribution in [2.75, 3.05) is 5.75 Å². The maximum Gasteiger partial charge on any atom is 0.327 e. The first kappa shape index (κ1) is 119. The van der Waals surface area contributed by atoms with Crippen LogP contribution in [0.2, 0.25) is 0 Å². The summed E-state index contributed by atoms with van der Waals surface area (Å²) < 4.78 is 118. The summed E-state index contributed by atoms with van der Waals surface area (Å²) in [6.45, 7) is 51.8. The predicted molar refractivity (Wildman–Crippen MR) is 541 cm³/mol. The van der Waals surface area contributed by atoms with Crippen molar-refractivity contribution < 1.29 is 126 Å². The van der Waals surface area contributed by atoms with Gasteiger partial charge in [0.15, 0.2) is 20.7 Å². The van der Waals surface area contributed by atoms with Crippen LogP contribution in [-0.2, 0) is 125 Å². The lowest BCUT2D eigenvalue weighted by atomic mass is 9.63. The van der Waals surface area contributed by atoms with Gasteiger partial charge in [-0.3, -0.25) is 57.5 Å². The quantitative estimate of drug-likeness (QED) is 0.0323. The first-order valence-electron chi connectivity index (χ1n) is 53.8. The van der Waals surface area contributed by atoms with Crippen molar-refractivity contribution in [3.05, 3.63) is 30.3 Å². The largest absolute Gasteiger partial charge is 0.462 e. The summed E-state index contributed by atoms with van der Waals surface area (Å²) in [6.07, 6.45) is 19.5. The molecule has 0 aliphatic heterocycles. The molecule has 13 fully saturated rings. The molecule has 1 amide bonds. The van der Waals surface area contributed by atoms with Gasteiger partial charge in [0.2, 0.25) is 5.91 Å². The number of hydrogen-bond acceptors (Lipinski definition) is 29. The number of nitrogens with zero attached hydrogens (tertiary/aromatic N) is 2. The second-order valence-electron chi connectivity index (χ2n) is 52.2. The molecule has 20 unspecified atom stereocenters. The number of nitriles is 2. The Morgan fingerprint density at radius 3 is 1.23 bits per heavy atom. The summed E-state index contributed by atoms with van der Waals surface area (Å²) in [5.74, 6) is -6.90. The van der Waals surface area contributed by atoms with Crippen molar-refractivity contribution in [2.45, 2.75) is 468 Å². The molecule has 32 heteroatoms. The van der Waals surface area contributed by atoms with Crippen molar-refractivity contribution in [2.24, 2.45) is 119 Å². The van der Waals surface area contributed by atoms with E-state index in [0.717, 1.165) is 89.9 Å². The van der Waals surface area contributed by atoms with Crippen molar-refractivity contribution in [1.82, 2.24) is 0 Å². The molecule has 30 nitrogen and oxygen atoms in total. The highest BCUT2D eigenvalue weighted by Crippen LogP contribution is 2.72. The molecule has 20 atom stereocenters. The zero-order valence-corrected chi connectivity index (χ0v) is 93.9. The molecule has 13 aliphatic rings. The highest BCUT2D eigenvalue weighted by Gasteiger charge is 2.78. The molecule has 0 saturated heterocycles. The molecule has 0 aromatic heterocycles. The third-order valence-electron chi connectivity index (χ3n) is 36.1. The predicted octanol–water partition coefficient (Wildman–Crippen LogP) is 20.2. The molecule has 14 rings (SSSR count). The van der Waals surface area contributed by atoms with E-state index in [1.807, 2.05) is 118 Å². The smallest absolute Gasteiger partial charge is 0.327 e. The fourth-order valence-electron chi connectivity index (χ4n) is 24.9. The number of rotatable bonds is 30. The highest BCUT2D eigenvalue weighted by molar-refractivity contribution is 7.92. The Balaban J connectivity index is 0.000000187. The van der Waals surface area contributed by atoms with Gasteiger partial charge < -0.3 is 57.3 Å². The van der Waals surface area contributed by atoms with Crippen LogP contribution in [0.1, 0.15) is 399 Å². The standard InChI is InChI=1S/C28H46O7S.C24H34O7S.C21H33NO5.C21H31NO4.C19H29NO4/c1-9-25(5,6)23(31)35-28(17-22(30)34-24(2,3)4)15-20-21(29)16-27(28,26(20,7)8)18-36(32,33)19-13-11-10-12-14-19;1-7-24(5,6)22(26)29-18-14-15-13-17(18)19(21(25)30-23(2,3)4)20(15)32(27,28)31-16-11-9-8-10-12-16;1-5-19(2,3)17(24)26-15-11-14-10-13(15)12-21(14,16(22)23)18(25)27-20(4)8-6-7-9-20;1-5-19(2,3)17(23)25-16-11-15-10-14(16)12-21(15,13-22)18(24)26-20(4)8-6-7-9-20;1-7-18(5,6)15(21)23-14-9-13-8-12(14)10-19(13,11-20)16(22)24-17(2,3)4/h19-20H,9-18H2,1-8H3;8-12,15,17-20H,7,13-14H2,1-6H3;13-15H,5-12H2,1-4H3,(H2,22,23);14-16H,5-12H2,1-4H3;12-14H,7-10H2,1-6H3. The van der Waals surface area contributed by atoms with Crippen LogP contribution in [0.15, 0.2) is 30.3 Å². The van der Waals surface area contributed by atoms with Gasteiger partial charge in [0.25, 0.3) is 0 Å².